The Morgan fingerprint density at radius 3 is 2.04 bits per heavy atom. The molecule has 2 N–H and O–H groups in total. The third-order valence-electron chi connectivity index (χ3n) is 4.14. The zero-order valence-corrected chi connectivity index (χ0v) is 15.6. The fourth-order valence-electron chi connectivity index (χ4n) is 2.58. The van der Waals surface area contributed by atoms with Gasteiger partial charge < -0.3 is 24.6 Å². The van der Waals surface area contributed by atoms with Crippen LogP contribution in [0.4, 0.5) is 5.69 Å². The minimum Gasteiger partial charge on any atom is -0.497 e. The van der Waals surface area contributed by atoms with Gasteiger partial charge in [0.25, 0.3) is 0 Å². The molecule has 0 saturated carbocycles. The lowest BCUT2D eigenvalue weighted by molar-refractivity contribution is 0.0735. The van der Waals surface area contributed by atoms with Gasteiger partial charge in [0.15, 0.2) is 12.0 Å². The normalized spacial score (nSPS) is 11.4. The van der Waals surface area contributed by atoms with Crippen LogP contribution in [0.1, 0.15) is 22.1 Å². The number of ether oxygens (including phenoxy) is 3. The van der Waals surface area contributed by atoms with E-state index in [0.717, 1.165) is 0 Å². The Morgan fingerprint density at radius 1 is 0.857 bits per heavy atom. The van der Waals surface area contributed by atoms with E-state index in [1.165, 1.54) is 0 Å². The zero-order chi connectivity index (χ0) is 19.9. The number of rotatable bonds is 7. The van der Waals surface area contributed by atoms with Crippen LogP contribution in [0.15, 0.2) is 72.8 Å². The summed E-state index contributed by atoms with van der Waals surface area (Å²) in [7, 11) is 3.14. The second kappa shape index (κ2) is 8.92. The van der Waals surface area contributed by atoms with Crippen molar-refractivity contribution in [1.29, 1.82) is 0 Å². The van der Waals surface area contributed by atoms with Crippen molar-refractivity contribution < 1.29 is 24.1 Å². The number of methoxy groups -OCH3 is 2. The predicted molar refractivity (Wildman–Crippen MR) is 106 cm³/mol. The number of carbonyl (C=O) groups excluding carboxylic acids is 1. The monoisotopic (exact) mass is 379 g/mol. The van der Waals surface area contributed by atoms with Gasteiger partial charge in [-0.05, 0) is 48.5 Å². The van der Waals surface area contributed by atoms with Crippen molar-refractivity contribution >= 4 is 11.7 Å². The minimum atomic E-state index is -0.980. The highest BCUT2D eigenvalue weighted by molar-refractivity contribution is 5.91. The first-order valence-corrected chi connectivity index (χ1v) is 8.64. The smallest absolute Gasteiger partial charge is 0.343 e. The highest BCUT2D eigenvalue weighted by Crippen LogP contribution is 2.28. The number of benzene rings is 3. The maximum absolute atomic E-state index is 12.4. The van der Waals surface area contributed by atoms with Crippen LogP contribution in [0.3, 0.4) is 0 Å². The largest absolute Gasteiger partial charge is 0.497 e. The second-order valence-corrected chi connectivity index (χ2v) is 5.93. The summed E-state index contributed by atoms with van der Waals surface area (Å²) in [6, 6.07) is 20.6. The molecule has 0 bridgehead atoms. The van der Waals surface area contributed by atoms with E-state index in [0.29, 0.717) is 34.1 Å². The van der Waals surface area contributed by atoms with Crippen molar-refractivity contribution in [2.45, 2.75) is 6.23 Å². The van der Waals surface area contributed by atoms with Gasteiger partial charge >= 0.3 is 5.97 Å². The summed E-state index contributed by atoms with van der Waals surface area (Å²) in [4.78, 5) is 12.4. The maximum Gasteiger partial charge on any atom is 0.343 e. The Hall–Kier alpha value is -3.51. The Balaban J connectivity index is 1.73. The second-order valence-electron chi connectivity index (χ2n) is 5.93. The summed E-state index contributed by atoms with van der Waals surface area (Å²) >= 11 is 0. The number of hydrogen-bond donors (Lipinski definition) is 2. The Labute approximate surface area is 163 Å². The summed E-state index contributed by atoms with van der Waals surface area (Å²) in [6.45, 7) is 0. The van der Waals surface area contributed by atoms with Crippen molar-refractivity contribution in [3.63, 3.8) is 0 Å². The van der Waals surface area contributed by atoms with Crippen molar-refractivity contribution in [2.75, 3.05) is 19.5 Å². The van der Waals surface area contributed by atoms with Crippen LogP contribution in [-0.2, 0) is 0 Å². The van der Waals surface area contributed by atoms with Crippen molar-refractivity contribution in [3.05, 3.63) is 83.9 Å². The predicted octanol–water partition coefficient (Wildman–Crippen LogP) is 4.03. The van der Waals surface area contributed by atoms with Gasteiger partial charge in [0.2, 0.25) is 0 Å². The molecular weight excluding hydrogens is 358 g/mol. The summed E-state index contributed by atoms with van der Waals surface area (Å²) in [5, 5.41) is 13.4. The van der Waals surface area contributed by atoms with E-state index in [4.69, 9.17) is 14.2 Å². The lowest BCUT2D eigenvalue weighted by Crippen LogP contribution is -2.13. The molecular formula is C22H21NO5. The summed E-state index contributed by atoms with van der Waals surface area (Å²) in [6.07, 6.45) is -0.980. The molecule has 3 aromatic carbocycles. The van der Waals surface area contributed by atoms with Crippen molar-refractivity contribution in [2.24, 2.45) is 0 Å². The van der Waals surface area contributed by atoms with E-state index in [-0.39, 0.29) is 0 Å². The Morgan fingerprint density at radius 2 is 1.43 bits per heavy atom. The van der Waals surface area contributed by atoms with Gasteiger partial charge in [-0.15, -0.1) is 0 Å². The molecule has 28 heavy (non-hydrogen) atoms. The number of aliphatic hydroxyl groups excluding tert-OH is 1. The third-order valence-corrected chi connectivity index (χ3v) is 4.14. The fraction of sp³-hybridized carbons (Fsp3) is 0.136. The topological polar surface area (TPSA) is 77.0 Å². The quantitative estimate of drug-likeness (QED) is 0.367. The van der Waals surface area contributed by atoms with Crippen LogP contribution in [0.5, 0.6) is 17.2 Å². The number of para-hydroxylation sites is 2. The molecule has 0 aliphatic carbocycles. The van der Waals surface area contributed by atoms with Gasteiger partial charge in [0, 0.05) is 5.56 Å². The van der Waals surface area contributed by atoms with Crippen LogP contribution < -0.4 is 19.5 Å². The Bertz CT molecular complexity index is 922. The molecule has 0 spiro atoms. The van der Waals surface area contributed by atoms with Gasteiger partial charge in [-0.3, -0.25) is 0 Å². The number of anilines is 1. The van der Waals surface area contributed by atoms with E-state index in [9.17, 15) is 9.90 Å². The maximum atomic E-state index is 12.4. The van der Waals surface area contributed by atoms with E-state index in [1.807, 2.05) is 0 Å². The van der Waals surface area contributed by atoms with Gasteiger partial charge in [-0.2, -0.15) is 0 Å². The molecule has 0 amide bonds. The molecule has 0 saturated heterocycles. The summed E-state index contributed by atoms with van der Waals surface area (Å²) in [5.41, 5.74) is 1.54. The van der Waals surface area contributed by atoms with Crippen molar-refractivity contribution in [3.8, 4) is 17.2 Å². The fourth-order valence-corrected chi connectivity index (χ4v) is 2.58. The molecule has 6 heteroatoms. The molecule has 1 atom stereocenters. The molecule has 3 rings (SSSR count). The first-order valence-electron chi connectivity index (χ1n) is 8.64. The zero-order valence-electron chi connectivity index (χ0n) is 15.6. The van der Waals surface area contributed by atoms with Crippen LogP contribution in [0.25, 0.3) is 0 Å². The van der Waals surface area contributed by atoms with Gasteiger partial charge in [-0.1, -0.05) is 24.3 Å². The van der Waals surface area contributed by atoms with Crippen molar-refractivity contribution in [1.82, 2.24) is 0 Å². The van der Waals surface area contributed by atoms with Crippen LogP contribution >= 0.6 is 0 Å². The minimum absolute atomic E-state index is 0.316. The first kappa shape index (κ1) is 19.3. The van der Waals surface area contributed by atoms with Gasteiger partial charge in [-0.25, -0.2) is 4.79 Å². The highest BCUT2D eigenvalue weighted by atomic mass is 16.5. The van der Waals surface area contributed by atoms with Gasteiger partial charge in [0.05, 0.1) is 25.5 Å². The standard InChI is InChI=1S/C22H21NO5/c1-26-17-11-7-15(8-12-17)21(24)23-19-5-3-4-6-20(19)28-22(25)16-9-13-18(27-2)14-10-16/h3-14,21,23-24H,1-2H3. The molecule has 0 radical (unpaired) electrons. The van der Waals surface area contributed by atoms with E-state index >= 15 is 0 Å². The molecule has 0 heterocycles. The van der Waals surface area contributed by atoms with E-state index < -0.39 is 12.2 Å². The highest BCUT2D eigenvalue weighted by Gasteiger charge is 2.14. The third kappa shape index (κ3) is 4.61. The van der Waals surface area contributed by atoms with Crippen LogP contribution in [-0.4, -0.2) is 25.3 Å². The van der Waals surface area contributed by atoms with E-state index in [1.54, 1.807) is 87.0 Å². The number of aliphatic hydroxyl groups is 1. The lowest BCUT2D eigenvalue weighted by atomic mass is 10.2. The number of nitrogens with one attached hydrogen (secondary N) is 1. The molecule has 0 aliphatic heterocycles. The Kier molecular flexibility index (Phi) is 6.14. The number of esters is 1. The SMILES string of the molecule is COc1ccc(C(=O)Oc2ccccc2NC(O)c2ccc(OC)cc2)cc1. The molecule has 144 valence electrons. The van der Waals surface area contributed by atoms with E-state index in [2.05, 4.69) is 5.32 Å². The van der Waals surface area contributed by atoms with Crippen LogP contribution in [0.2, 0.25) is 0 Å². The number of hydrogen-bond acceptors (Lipinski definition) is 6. The molecule has 0 aliphatic rings. The summed E-state index contributed by atoms with van der Waals surface area (Å²) in [5.74, 6) is 1.16. The van der Waals surface area contributed by atoms with Gasteiger partial charge in [0.1, 0.15) is 11.5 Å². The van der Waals surface area contributed by atoms with Crippen LogP contribution in [0, 0.1) is 0 Å². The number of carbonyl (C=O) groups is 1. The molecule has 0 fully saturated rings. The molecule has 0 aromatic heterocycles. The molecule has 6 nitrogen and oxygen atoms in total. The molecule has 1 unspecified atom stereocenters. The molecule has 3 aromatic rings. The summed E-state index contributed by atoms with van der Waals surface area (Å²) < 4.78 is 15.7. The average molecular weight is 379 g/mol. The average Bonchev–Trinajstić information content (AvgIpc) is 2.75. The lowest BCUT2D eigenvalue weighted by Gasteiger charge is -2.17. The first-order chi connectivity index (χ1) is 13.6.